The molecule has 4 rings (SSSR count). The molecular formula is C20H13NO3S. The van der Waals surface area contributed by atoms with Gasteiger partial charge < -0.3 is 9.47 Å². The quantitative estimate of drug-likeness (QED) is 0.653. The molecule has 2 heterocycles. The van der Waals surface area contributed by atoms with Crippen molar-refractivity contribution in [3.05, 3.63) is 76.2 Å². The van der Waals surface area contributed by atoms with Crippen LogP contribution in [-0.2, 0) is 18.0 Å². The zero-order chi connectivity index (χ0) is 17.2. The summed E-state index contributed by atoms with van der Waals surface area (Å²) in [4.78, 5) is 14.0. The molecule has 25 heavy (non-hydrogen) atoms. The van der Waals surface area contributed by atoms with Crippen molar-refractivity contribution in [2.45, 2.75) is 13.2 Å². The highest BCUT2D eigenvalue weighted by Gasteiger charge is 2.23. The predicted octanol–water partition coefficient (Wildman–Crippen LogP) is 4.54. The summed E-state index contributed by atoms with van der Waals surface area (Å²) in [6, 6.07) is 18.8. The second-order valence-corrected chi connectivity index (χ2v) is 6.65. The third-order valence-corrected chi connectivity index (χ3v) is 5.21. The van der Waals surface area contributed by atoms with E-state index in [1.54, 1.807) is 18.2 Å². The monoisotopic (exact) mass is 347 g/mol. The first-order valence-corrected chi connectivity index (χ1v) is 8.58. The van der Waals surface area contributed by atoms with Gasteiger partial charge in [-0.15, -0.1) is 11.3 Å². The SMILES string of the molecule is N#Cc1ccccc1COC(=O)c1cc2c(s1)-c1ccccc1OC2. The molecule has 0 fully saturated rings. The van der Waals surface area contributed by atoms with E-state index in [9.17, 15) is 4.79 Å². The Bertz CT molecular complexity index is 1000. The summed E-state index contributed by atoms with van der Waals surface area (Å²) in [7, 11) is 0. The molecule has 122 valence electrons. The molecule has 0 spiro atoms. The van der Waals surface area contributed by atoms with E-state index < -0.39 is 0 Å². The number of benzene rings is 2. The van der Waals surface area contributed by atoms with E-state index in [2.05, 4.69) is 6.07 Å². The molecule has 4 nitrogen and oxygen atoms in total. The van der Waals surface area contributed by atoms with Crippen molar-refractivity contribution in [2.75, 3.05) is 0 Å². The summed E-state index contributed by atoms with van der Waals surface area (Å²) in [6.07, 6.45) is 0. The Hall–Kier alpha value is -3.10. The van der Waals surface area contributed by atoms with Gasteiger partial charge in [0.05, 0.1) is 11.6 Å². The first-order chi connectivity index (χ1) is 12.3. The Morgan fingerprint density at radius 2 is 2.00 bits per heavy atom. The lowest BCUT2D eigenvalue weighted by Crippen LogP contribution is -2.04. The maximum absolute atomic E-state index is 12.4. The lowest BCUT2D eigenvalue weighted by Gasteiger charge is -2.16. The number of ether oxygens (including phenoxy) is 2. The van der Waals surface area contributed by atoms with Crippen molar-refractivity contribution < 1.29 is 14.3 Å². The van der Waals surface area contributed by atoms with E-state index in [-0.39, 0.29) is 12.6 Å². The molecule has 0 saturated heterocycles. The molecule has 0 aliphatic carbocycles. The Morgan fingerprint density at radius 1 is 1.20 bits per heavy atom. The fraction of sp³-hybridized carbons (Fsp3) is 0.100. The zero-order valence-electron chi connectivity index (χ0n) is 13.2. The van der Waals surface area contributed by atoms with Crippen molar-refractivity contribution >= 4 is 17.3 Å². The fourth-order valence-electron chi connectivity index (χ4n) is 2.77. The highest BCUT2D eigenvalue weighted by atomic mass is 32.1. The topological polar surface area (TPSA) is 59.3 Å². The summed E-state index contributed by atoms with van der Waals surface area (Å²) >= 11 is 1.41. The van der Waals surface area contributed by atoms with Gasteiger partial charge in [0.25, 0.3) is 0 Å². The van der Waals surface area contributed by atoms with Crippen LogP contribution in [-0.4, -0.2) is 5.97 Å². The van der Waals surface area contributed by atoms with E-state index in [4.69, 9.17) is 14.7 Å². The van der Waals surface area contributed by atoms with Crippen molar-refractivity contribution in [1.82, 2.24) is 0 Å². The second kappa shape index (κ2) is 6.42. The number of rotatable bonds is 3. The molecule has 0 unspecified atom stereocenters. The number of hydrogen-bond donors (Lipinski definition) is 0. The van der Waals surface area contributed by atoms with Crippen LogP contribution in [0.3, 0.4) is 0 Å². The van der Waals surface area contributed by atoms with Gasteiger partial charge in [-0.25, -0.2) is 4.79 Å². The van der Waals surface area contributed by atoms with Gasteiger partial charge in [0.1, 0.15) is 23.8 Å². The molecule has 0 bridgehead atoms. The van der Waals surface area contributed by atoms with Crippen LogP contribution < -0.4 is 4.74 Å². The Balaban J connectivity index is 1.55. The molecule has 0 N–H and O–H groups in total. The van der Waals surface area contributed by atoms with Gasteiger partial charge in [0, 0.05) is 21.6 Å². The first kappa shape index (κ1) is 15.4. The van der Waals surface area contributed by atoms with Gasteiger partial charge >= 0.3 is 5.97 Å². The van der Waals surface area contributed by atoms with Gasteiger partial charge in [-0.1, -0.05) is 30.3 Å². The summed E-state index contributed by atoms with van der Waals surface area (Å²) in [5.74, 6) is 0.448. The highest BCUT2D eigenvalue weighted by Crippen LogP contribution is 2.42. The van der Waals surface area contributed by atoms with E-state index in [1.165, 1.54) is 11.3 Å². The number of nitrogens with zero attached hydrogens (tertiary/aromatic N) is 1. The number of carbonyl (C=O) groups excluding carboxylic acids is 1. The minimum atomic E-state index is -0.385. The summed E-state index contributed by atoms with van der Waals surface area (Å²) in [5.41, 5.74) is 3.21. The Morgan fingerprint density at radius 3 is 2.88 bits per heavy atom. The van der Waals surface area contributed by atoms with Crippen LogP contribution in [0.1, 0.15) is 26.4 Å². The molecule has 1 aliphatic heterocycles. The molecular weight excluding hydrogens is 334 g/mol. The second-order valence-electron chi connectivity index (χ2n) is 5.59. The molecule has 1 aliphatic rings. The van der Waals surface area contributed by atoms with Gasteiger partial charge in [-0.2, -0.15) is 5.26 Å². The molecule has 1 aromatic heterocycles. The van der Waals surface area contributed by atoms with E-state index >= 15 is 0 Å². The van der Waals surface area contributed by atoms with Crippen LogP contribution in [0.5, 0.6) is 5.75 Å². The highest BCUT2D eigenvalue weighted by molar-refractivity contribution is 7.17. The number of nitriles is 1. The molecule has 0 atom stereocenters. The minimum absolute atomic E-state index is 0.0816. The van der Waals surface area contributed by atoms with Crippen LogP contribution in [0.25, 0.3) is 10.4 Å². The van der Waals surface area contributed by atoms with E-state index in [0.717, 1.165) is 21.8 Å². The van der Waals surface area contributed by atoms with Gasteiger partial charge in [-0.3, -0.25) is 0 Å². The average molecular weight is 347 g/mol. The van der Waals surface area contributed by atoms with Crippen LogP contribution in [0.15, 0.2) is 54.6 Å². The molecule has 5 heteroatoms. The van der Waals surface area contributed by atoms with Crippen LogP contribution in [0.4, 0.5) is 0 Å². The average Bonchev–Trinajstić information content (AvgIpc) is 3.11. The number of para-hydroxylation sites is 1. The molecule has 2 aromatic carbocycles. The van der Waals surface area contributed by atoms with Gasteiger partial charge in [0.15, 0.2) is 0 Å². The molecule has 0 radical (unpaired) electrons. The van der Waals surface area contributed by atoms with Crippen molar-refractivity contribution in [1.29, 1.82) is 5.26 Å². The van der Waals surface area contributed by atoms with Gasteiger partial charge in [-0.05, 0) is 24.3 Å². The number of fused-ring (bicyclic) bond motifs is 3. The smallest absolute Gasteiger partial charge is 0.348 e. The summed E-state index contributed by atoms with van der Waals surface area (Å²) in [5, 5.41) is 9.10. The standard InChI is InChI=1S/C20H13NO3S/c21-10-13-5-1-2-6-14(13)11-24-20(22)18-9-15-12-23-17-8-4-3-7-16(17)19(15)25-18/h1-9H,11-12H2. The summed E-state index contributed by atoms with van der Waals surface area (Å²) < 4.78 is 11.1. The van der Waals surface area contributed by atoms with Gasteiger partial charge in [0.2, 0.25) is 0 Å². The maximum Gasteiger partial charge on any atom is 0.348 e. The lowest BCUT2D eigenvalue weighted by molar-refractivity contribution is 0.0478. The van der Waals surface area contributed by atoms with Crippen molar-refractivity contribution in [3.8, 4) is 22.3 Å². The number of thiophene rings is 1. The number of hydrogen-bond acceptors (Lipinski definition) is 5. The molecule has 3 aromatic rings. The first-order valence-electron chi connectivity index (χ1n) is 7.76. The third-order valence-electron chi connectivity index (χ3n) is 4.02. The van der Waals surface area contributed by atoms with Crippen LogP contribution in [0.2, 0.25) is 0 Å². The minimum Gasteiger partial charge on any atom is -0.488 e. The Kier molecular flexibility index (Phi) is 3.96. The molecule has 0 saturated carbocycles. The van der Waals surface area contributed by atoms with E-state index in [1.807, 2.05) is 36.4 Å². The zero-order valence-corrected chi connectivity index (χ0v) is 14.0. The van der Waals surface area contributed by atoms with E-state index in [0.29, 0.717) is 22.6 Å². The lowest BCUT2D eigenvalue weighted by atomic mass is 10.1. The summed E-state index contributed by atoms with van der Waals surface area (Å²) in [6.45, 7) is 0.533. The molecule has 0 amide bonds. The van der Waals surface area contributed by atoms with Crippen molar-refractivity contribution in [2.24, 2.45) is 0 Å². The largest absolute Gasteiger partial charge is 0.488 e. The number of esters is 1. The van der Waals surface area contributed by atoms with Crippen LogP contribution in [0, 0.1) is 11.3 Å². The van der Waals surface area contributed by atoms with Crippen molar-refractivity contribution in [3.63, 3.8) is 0 Å². The Labute approximate surface area is 148 Å². The fourth-order valence-corrected chi connectivity index (χ4v) is 3.86. The normalized spacial score (nSPS) is 11.6. The van der Waals surface area contributed by atoms with Crippen LogP contribution >= 0.6 is 11.3 Å². The third kappa shape index (κ3) is 2.88. The maximum atomic E-state index is 12.4. The number of carbonyl (C=O) groups is 1. The predicted molar refractivity (Wildman–Crippen MR) is 94.4 cm³/mol.